The van der Waals surface area contributed by atoms with E-state index in [-0.39, 0.29) is 4.90 Å². The Bertz CT molecular complexity index is 676. The van der Waals surface area contributed by atoms with Gasteiger partial charge in [-0.2, -0.15) is 0 Å². The average Bonchev–Trinajstić information content (AvgIpc) is 2.94. The van der Waals surface area contributed by atoms with Gasteiger partial charge >= 0.3 is 0 Å². The summed E-state index contributed by atoms with van der Waals surface area (Å²) >= 11 is 1.64. The van der Waals surface area contributed by atoms with Crippen LogP contribution in [0.1, 0.15) is 23.6 Å². The highest BCUT2D eigenvalue weighted by molar-refractivity contribution is 7.89. The molecule has 2 rings (SSSR count). The lowest BCUT2D eigenvalue weighted by molar-refractivity contribution is 0.582. The Kier molecular flexibility index (Phi) is 5.39. The van der Waals surface area contributed by atoms with Crippen LogP contribution in [0.4, 0.5) is 5.69 Å². The van der Waals surface area contributed by atoms with Crippen molar-refractivity contribution >= 4 is 27.0 Å². The molecule has 1 aromatic carbocycles. The first-order chi connectivity index (χ1) is 10.0. The molecule has 1 heterocycles. The quantitative estimate of drug-likeness (QED) is 0.822. The molecule has 114 valence electrons. The third kappa shape index (κ3) is 4.30. The minimum absolute atomic E-state index is 0.288. The van der Waals surface area contributed by atoms with Crippen LogP contribution in [0.3, 0.4) is 0 Å². The highest BCUT2D eigenvalue weighted by Gasteiger charge is 2.13. The maximum atomic E-state index is 12.2. The number of sulfonamides is 1. The van der Waals surface area contributed by atoms with Crippen LogP contribution in [0.15, 0.2) is 41.3 Å². The van der Waals surface area contributed by atoms with Crippen molar-refractivity contribution in [2.75, 3.05) is 11.9 Å². The molecule has 0 aliphatic rings. The van der Waals surface area contributed by atoms with Crippen LogP contribution in [0, 0.1) is 0 Å². The predicted molar refractivity (Wildman–Crippen MR) is 88.3 cm³/mol. The number of thiophene rings is 1. The summed E-state index contributed by atoms with van der Waals surface area (Å²) in [5, 5.41) is 3.14. The maximum Gasteiger partial charge on any atom is 0.240 e. The van der Waals surface area contributed by atoms with Gasteiger partial charge < -0.3 is 5.32 Å². The Morgan fingerprint density at radius 3 is 2.24 bits per heavy atom. The second kappa shape index (κ2) is 7.06. The van der Waals surface area contributed by atoms with Crippen molar-refractivity contribution < 1.29 is 8.42 Å². The normalized spacial score (nSPS) is 11.5. The molecule has 0 fully saturated rings. The fourth-order valence-corrected chi connectivity index (χ4v) is 3.91. The van der Waals surface area contributed by atoms with Gasteiger partial charge in [-0.05, 0) is 49.7 Å². The monoisotopic (exact) mass is 324 g/mol. The first-order valence-corrected chi connectivity index (χ1v) is 9.26. The van der Waals surface area contributed by atoms with E-state index in [4.69, 9.17) is 0 Å². The van der Waals surface area contributed by atoms with Gasteiger partial charge in [-0.3, -0.25) is 0 Å². The van der Waals surface area contributed by atoms with Gasteiger partial charge in [0.2, 0.25) is 10.0 Å². The second-order valence-electron chi connectivity index (χ2n) is 4.60. The van der Waals surface area contributed by atoms with Crippen LogP contribution in [0.2, 0.25) is 0 Å². The van der Waals surface area contributed by atoms with Crippen molar-refractivity contribution in [3.05, 3.63) is 46.2 Å². The fraction of sp³-hybridized carbons (Fsp3) is 0.333. The summed E-state index contributed by atoms with van der Waals surface area (Å²) in [7, 11) is -3.46. The number of anilines is 1. The maximum absolute atomic E-state index is 12.2. The van der Waals surface area contributed by atoms with E-state index in [1.807, 2.05) is 19.1 Å². The SMILES string of the molecule is CCNc1ccc(S(=O)(=O)NCc2ccc(CC)s2)cc1. The highest BCUT2D eigenvalue weighted by Crippen LogP contribution is 2.18. The first-order valence-electron chi connectivity index (χ1n) is 6.96. The first kappa shape index (κ1) is 16.0. The van der Waals surface area contributed by atoms with Gasteiger partial charge in [-0.15, -0.1) is 11.3 Å². The molecule has 0 unspecified atom stereocenters. The summed E-state index contributed by atoms with van der Waals surface area (Å²) < 4.78 is 27.1. The van der Waals surface area contributed by atoms with Crippen LogP contribution in [-0.2, 0) is 23.0 Å². The topological polar surface area (TPSA) is 58.2 Å². The third-order valence-corrected chi connectivity index (χ3v) is 5.69. The minimum atomic E-state index is -3.46. The van der Waals surface area contributed by atoms with Crippen LogP contribution in [0.5, 0.6) is 0 Å². The lowest BCUT2D eigenvalue weighted by atomic mass is 10.3. The number of benzene rings is 1. The van der Waals surface area contributed by atoms with Crippen molar-refractivity contribution in [1.29, 1.82) is 0 Å². The Morgan fingerprint density at radius 1 is 1.00 bits per heavy atom. The number of hydrogen-bond acceptors (Lipinski definition) is 4. The molecular formula is C15H20N2O2S2. The molecule has 2 aromatic rings. The van der Waals surface area contributed by atoms with Crippen LogP contribution < -0.4 is 10.0 Å². The molecular weight excluding hydrogens is 304 g/mol. The molecule has 0 radical (unpaired) electrons. The summed E-state index contributed by atoms with van der Waals surface area (Å²) in [6.45, 7) is 5.23. The molecule has 0 saturated heterocycles. The third-order valence-electron chi connectivity index (χ3n) is 3.05. The van der Waals surface area contributed by atoms with E-state index in [9.17, 15) is 8.42 Å². The number of nitrogens with one attached hydrogen (secondary N) is 2. The second-order valence-corrected chi connectivity index (χ2v) is 7.62. The molecule has 0 saturated carbocycles. The fourth-order valence-electron chi connectivity index (χ4n) is 1.91. The van der Waals surface area contributed by atoms with E-state index in [2.05, 4.69) is 17.0 Å². The predicted octanol–water partition coefficient (Wildman–Crippen LogP) is 3.22. The van der Waals surface area contributed by atoms with Crippen LogP contribution in [0.25, 0.3) is 0 Å². The zero-order valence-corrected chi connectivity index (χ0v) is 13.9. The van der Waals surface area contributed by atoms with Crippen molar-refractivity contribution in [2.24, 2.45) is 0 Å². The number of rotatable bonds is 7. The molecule has 21 heavy (non-hydrogen) atoms. The van der Waals surface area contributed by atoms with E-state index in [0.717, 1.165) is 23.5 Å². The Balaban J connectivity index is 2.03. The molecule has 0 atom stereocenters. The van der Waals surface area contributed by atoms with E-state index in [0.29, 0.717) is 6.54 Å². The van der Waals surface area contributed by atoms with Gasteiger partial charge in [-0.25, -0.2) is 13.1 Å². The Morgan fingerprint density at radius 2 is 1.67 bits per heavy atom. The van der Waals surface area contributed by atoms with Crippen molar-refractivity contribution in [3.63, 3.8) is 0 Å². The molecule has 0 bridgehead atoms. The summed E-state index contributed by atoms with van der Waals surface area (Å²) in [6, 6.07) is 10.8. The van der Waals surface area contributed by atoms with E-state index < -0.39 is 10.0 Å². The van der Waals surface area contributed by atoms with Crippen LogP contribution >= 0.6 is 11.3 Å². The van der Waals surface area contributed by atoms with Crippen molar-refractivity contribution in [3.8, 4) is 0 Å². The summed E-state index contributed by atoms with van der Waals surface area (Å²) in [4.78, 5) is 2.58. The van der Waals surface area contributed by atoms with Gasteiger partial charge in [0.15, 0.2) is 0 Å². The minimum Gasteiger partial charge on any atom is -0.385 e. The van der Waals surface area contributed by atoms with Gasteiger partial charge in [0, 0.05) is 28.5 Å². The lowest BCUT2D eigenvalue weighted by Crippen LogP contribution is -2.22. The van der Waals surface area contributed by atoms with Gasteiger partial charge in [0.05, 0.1) is 4.90 Å². The molecule has 4 nitrogen and oxygen atoms in total. The number of hydrogen-bond donors (Lipinski definition) is 2. The molecule has 6 heteroatoms. The van der Waals surface area contributed by atoms with Crippen LogP contribution in [-0.4, -0.2) is 15.0 Å². The molecule has 0 spiro atoms. The van der Waals surface area contributed by atoms with Crippen molar-refractivity contribution in [2.45, 2.75) is 31.7 Å². The zero-order chi connectivity index (χ0) is 15.3. The number of aryl methyl sites for hydroxylation is 1. The summed E-state index contributed by atoms with van der Waals surface area (Å²) in [6.07, 6.45) is 0.976. The smallest absolute Gasteiger partial charge is 0.240 e. The molecule has 2 N–H and O–H groups in total. The molecule has 1 aromatic heterocycles. The lowest BCUT2D eigenvalue weighted by Gasteiger charge is -2.07. The van der Waals surface area contributed by atoms with Crippen molar-refractivity contribution in [1.82, 2.24) is 4.72 Å². The van der Waals surface area contributed by atoms with Gasteiger partial charge in [0.1, 0.15) is 0 Å². The van der Waals surface area contributed by atoms with E-state index in [1.165, 1.54) is 4.88 Å². The summed E-state index contributed by atoms with van der Waals surface area (Å²) in [5.41, 5.74) is 0.919. The Hall–Kier alpha value is -1.37. The summed E-state index contributed by atoms with van der Waals surface area (Å²) in [5.74, 6) is 0. The largest absolute Gasteiger partial charge is 0.385 e. The molecule has 0 amide bonds. The molecule has 0 aliphatic heterocycles. The van der Waals surface area contributed by atoms with Gasteiger partial charge in [-0.1, -0.05) is 6.92 Å². The van der Waals surface area contributed by atoms with E-state index in [1.54, 1.807) is 35.6 Å². The Labute approximate surface area is 130 Å². The zero-order valence-electron chi connectivity index (χ0n) is 12.2. The van der Waals surface area contributed by atoms with E-state index >= 15 is 0 Å². The highest BCUT2D eigenvalue weighted by atomic mass is 32.2. The molecule has 0 aliphatic carbocycles. The average molecular weight is 324 g/mol. The van der Waals surface area contributed by atoms with Gasteiger partial charge in [0.25, 0.3) is 0 Å². The standard InChI is InChI=1S/C15H20N2O2S2/c1-3-13-7-8-14(20-13)11-17-21(18,19)15-9-5-12(6-10-15)16-4-2/h5-10,16-17H,3-4,11H2,1-2H3.